The van der Waals surface area contributed by atoms with E-state index in [1.165, 1.54) is 0 Å². The highest BCUT2D eigenvalue weighted by Crippen LogP contribution is 2.38. The normalized spacial score (nSPS) is 22.8. The predicted octanol–water partition coefficient (Wildman–Crippen LogP) is 3.61. The lowest BCUT2D eigenvalue weighted by atomic mass is 9.87. The van der Waals surface area contributed by atoms with Crippen molar-refractivity contribution in [2.45, 2.75) is 50.9 Å². The summed E-state index contributed by atoms with van der Waals surface area (Å²) in [6, 6.07) is 4.58. The highest BCUT2D eigenvalue weighted by atomic mass is 19.4. The van der Waals surface area contributed by atoms with E-state index in [-0.39, 0.29) is 29.1 Å². The van der Waals surface area contributed by atoms with Gasteiger partial charge in [-0.15, -0.1) is 5.10 Å². The van der Waals surface area contributed by atoms with E-state index in [2.05, 4.69) is 10.2 Å². The molecule has 1 aromatic heterocycles. The lowest BCUT2D eigenvalue weighted by molar-refractivity contribution is -0.137. The maximum atomic E-state index is 12.8. The summed E-state index contributed by atoms with van der Waals surface area (Å²) in [6.07, 6.45) is -2.42. The number of rotatable bonds is 3. The standard InChI is InChI=1S/C21H22F3N3O3/c1-11-8-16(20(30)12-2-4-14-5-7-18(29)27(14)10-12)25-26-19(11)15-6-3-13(9-17(15)28)21(22,23)24/h3,6,8-9,12,14,20,28,30H,2,4-5,7,10H2,1H3. The maximum absolute atomic E-state index is 12.8. The molecule has 3 atom stereocenters. The zero-order chi connectivity index (χ0) is 21.6. The molecule has 0 aliphatic carbocycles. The lowest BCUT2D eigenvalue weighted by Gasteiger charge is -2.37. The third-order valence-electron chi connectivity index (χ3n) is 6.09. The van der Waals surface area contributed by atoms with E-state index in [0.29, 0.717) is 30.3 Å². The van der Waals surface area contributed by atoms with Crippen molar-refractivity contribution in [1.29, 1.82) is 0 Å². The second-order valence-corrected chi connectivity index (χ2v) is 8.05. The largest absolute Gasteiger partial charge is 0.507 e. The third-order valence-corrected chi connectivity index (χ3v) is 6.09. The van der Waals surface area contributed by atoms with Crippen LogP contribution in [0.15, 0.2) is 24.3 Å². The van der Waals surface area contributed by atoms with Crippen LogP contribution in [0.5, 0.6) is 5.75 Å². The quantitative estimate of drug-likeness (QED) is 0.791. The number of aryl methyl sites for hydroxylation is 1. The Balaban J connectivity index is 1.55. The van der Waals surface area contributed by atoms with Crippen LogP contribution in [-0.2, 0) is 11.0 Å². The van der Waals surface area contributed by atoms with Gasteiger partial charge in [-0.25, -0.2) is 0 Å². The second-order valence-electron chi connectivity index (χ2n) is 8.05. The summed E-state index contributed by atoms with van der Waals surface area (Å²) in [4.78, 5) is 13.8. The lowest BCUT2D eigenvalue weighted by Crippen LogP contribution is -2.43. The van der Waals surface area contributed by atoms with E-state index in [9.17, 15) is 28.2 Å². The van der Waals surface area contributed by atoms with Gasteiger partial charge in [-0.05, 0) is 56.0 Å². The van der Waals surface area contributed by atoms with Gasteiger partial charge in [0.15, 0.2) is 0 Å². The molecule has 0 bridgehead atoms. The maximum Gasteiger partial charge on any atom is 0.416 e. The molecule has 0 saturated carbocycles. The number of aromatic hydroxyl groups is 1. The van der Waals surface area contributed by atoms with Gasteiger partial charge in [0.25, 0.3) is 0 Å². The van der Waals surface area contributed by atoms with Crippen LogP contribution in [0, 0.1) is 12.8 Å². The van der Waals surface area contributed by atoms with Crippen LogP contribution in [-0.4, -0.2) is 43.8 Å². The average molecular weight is 421 g/mol. The molecule has 0 spiro atoms. The number of nitrogens with zero attached hydrogens (tertiary/aromatic N) is 3. The minimum atomic E-state index is -4.56. The first kappa shape index (κ1) is 20.6. The Hall–Kier alpha value is -2.68. The summed E-state index contributed by atoms with van der Waals surface area (Å²) in [5.74, 6) is -0.573. The SMILES string of the molecule is Cc1cc(C(O)C2CCC3CCC(=O)N3C2)nnc1-c1ccc(C(F)(F)F)cc1O. The van der Waals surface area contributed by atoms with Crippen LogP contribution in [0.2, 0.25) is 0 Å². The van der Waals surface area contributed by atoms with Crippen LogP contribution < -0.4 is 0 Å². The molecule has 2 aliphatic heterocycles. The van der Waals surface area contributed by atoms with Gasteiger partial charge in [0.2, 0.25) is 5.91 Å². The highest BCUT2D eigenvalue weighted by Gasteiger charge is 2.39. The Morgan fingerprint density at radius 2 is 1.93 bits per heavy atom. The van der Waals surface area contributed by atoms with Crippen molar-refractivity contribution in [3.05, 3.63) is 41.1 Å². The van der Waals surface area contributed by atoms with Crippen LogP contribution in [0.25, 0.3) is 11.3 Å². The topological polar surface area (TPSA) is 86.5 Å². The van der Waals surface area contributed by atoms with Crippen molar-refractivity contribution in [3.8, 4) is 17.0 Å². The van der Waals surface area contributed by atoms with E-state index >= 15 is 0 Å². The smallest absolute Gasteiger partial charge is 0.416 e. The van der Waals surface area contributed by atoms with Crippen molar-refractivity contribution < 1.29 is 28.2 Å². The van der Waals surface area contributed by atoms with E-state index in [4.69, 9.17) is 0 Å². The molecule has 3 heterocycles. The van der Waals surface area contributed by atoms with Crippen molar-refractivity contribution >= 4 is 5.91 Å². The molecular weight excluding hydrogens is 399 g/mol. The molecular formula is C21H22F3N3O3. The Morgan fingerprint density at radius 3 is 2.60 bits per heavy atom. The number of aliphatic hydroxyl groups is 1. The van der Waals surface area contributed by atoms with E-state index in [1.54, 1.807) is 13.0 Å². The minimum absolute atomic E-state index is 0.118. The summed E-state index contributed by atoms with van der Waals surface area (Å²) in [6.45, 7) is 2.17. The number of piperidine rings is 1. The first-order chi connectivity index (χ1) is 14.1. The van der Waals surface area contributed by atoms with Crippen LogP contribution in [0.1, 0.15) is 48.6 Å². The summed E-state index contributed by atoms with van der Waals surface area (Å²) in [5, 5.41) is 29.0. The number of phenolic OH excluding ortho intramolecular Hbond substituents is 1. The van der Waals surface area contributed by atoms with Gasteiger partial charge in [0.1, 0.15) is 11.9 Å². The molecule has 0 radical (unpaired) electrons. The fourth-order valence-electron chi connectivity index (χ4n) is 4.42. The van der Waals surface area contributed by atoms with Crippen LogP contribution in [0.3, 0.4) is 0 Å². The number of fused-ring (bicyclic) bond motifs is 1. The number of amides is 1. The molecule has 1 amide bonds. The molecule has 4 rings (SSSR count). The Morgan fingerprint density at radius 1 is 1.17 bits per heavy atom. The van der Waals surface area contributed by atoms with Gasteiger partial charge >= 0.3 is 6.18 Å². The number of aliphatic hydroxyl groups excluding tert-OH is 1. The zero-order valence-electron chi connectivity index (χ0n) is 16.4. The van der Waals surface area contributed by atoms with Crippen LogP contribution >= 0.6 is 0 Å². The predicted molar refractivity (Wildman–Crippen MR) is 101 cm³/mol. The molecule has 2 aromatic rings. The number of alkyl halides is 3. The number of hydrogen-bond acceptors (Lipinski definition) is 5. The van der Waals surface area contributed by atoms with Gasteiger partial charge in [0.05, 0.1) is 17.0 Å². The summed E-state index contributed by atoms with van der Waals surface area (Å²) in [5.41, 5.74) is 0.346. The van der Waals surface area contributed by atoms with Crippen molar-refractivity contribution in [3.63, 3.8) is 0 Å². The van der Waals surface area contributed by atoms with Gasteiger partial charge in [-0.3, -0.25) is 4.79 Å². The summed E-state index contributed by atoms with van der Waals surface area (Å²) >= 11 is 0. The van der Waals surface area contributed by atoms with Crippen LogP contribution in [0.4, 0.5) is 13.2 Å². The zero-order valence-corrected chi connectivity index (χ0v) is 16.4. The number of phenols is 1. The molecule has 30 heavy (non-hydrogen) atoms. The van der Waals surface area contributed by atoms with E-state index < -0.39 is 23.6 Å². The summed E-state index contributed by atoms with van der Waals surface area (Å²) < 4.78 is 38.4. The van der Waals surface area contributed by atoms with Crippen molar-refractivity contribution in [2.24, 2.45) is 5.92 Å². The number of carbonyl (C=O) groups is 1. The number of aromatic nitrogens is 2. The first-order valence-corrected chi connectivity index (χ1v) is 9.87. The molecule has 9 heteroatoms. The Kier molecular flexibility index (Phi) is 5.17. The molecule has 2 fully saturated rings. The fourth-order valence-corrected chi connectivity index (χ4v) is 4.42. The molecule has 2 aliphatic rings. The molecule has 3 unspecified atom stereocenters. The monoisotopic (exact) mass is 421 g/mol. The molecule has 2 N–H and O–H groups in total. The number of benzene rings is 1. The number of carbonyl (C=O) groups excluding carboxylic acids is 1. The van der Waals surface area contributed by atoms with Gasteiger partial charge in [-0.2, -0.15) is 18.3 Å². The summed E-state index contributed by atoms with van der Waals surface area (Å²) in [7, 11) is 0. The molecule has 160 valence electrons. The van der Waals surface area contributed by atoms with E-state index in [1.807, 2.05) is 4.90 Å². The fraction of sp³-hybridized carbons (Fsp3) is 0.476. The van der Waals surface area contributed by atoms with Gasteiger partial charge < -0.3 is 15.1 Å². The second kappa shape index (κ2) is 7.54. The van der Waals surface area contributed by atoms with Gasteiger partial charge in [0, 0.05) is 30.5 Å². The molecule has 1 aromatic carbocycles. The Labute approximate surface area is 171 Å². The number of hydrogen-bond donors (Lipinski definition) is 2. The molecule has 2 saturated heterocycles. The highest BCUT2D eigenvalue weighted by molar-refractivity contribution is 5.79. The third kappa shape index (κ3) is 3.74. The molecule has 6 nitrogen and oxygen atoms in total. The van der Waals surface area contributed by atoms with Crippen molar-refractivity contribution in [1.82, 2.24) is 15.1 Å². The minimum Gasteiger partial charge on any atom is -0.507 e. The van der Waals surface area contributed by atoms with Crippen molar-refractivity contribution in [2.75, 3.05) is 6.54 Å². The Bertz CT molecular complexity index is 980. The van der Waals surface area contributed by atoms with Gasteiger partial charge in [-0.1, -0.05) is 0 Å². The first-order valence-electron chi connectivity index (χ1n) is 9.87. The number of halogens is 3. The van der Waals surface area contributed by atoms with E-state index in [0.717, 1.165) is 31.4 Å². The average Bonchev–Trinajstić information content (AvgIpc) is 3.07.